The van der Waals surface area contributed by atoms with Crippen molar-refractivity contribution in [1.29, 1.82) is 0 Å². The van der Waals surface area contributed by atoms with Crippen molar-refractivity contribution in [2.24, 2.45) is 0 Å². The SMILES string of the molecule is CC(=O)O.Clc1cc(Cl)cc(C2(CC(Cl)(Cl)Cl)CO2)c1. The van der Waals surface area contributed by atoms with Crippen LogP contribution in [0.5, 0.6) is 0 Å². The van der Waals surface area contributed by atoms with E-state index < -0.39 is 15.4 Å². The molecule has 1 aliphatic heterocycles. The van der Waals surface area contributed by atoms with Gasteiger partial charge in [0.25, 0.3) is 5.97 Å². The highest BCUT2D eigenvalue weighted by molar-refractivity contribution is 6.67. The molecule has 0 saturated carbocycles. The zero-order valence-corrected chi connectivity index (χ0v) is 14.1. The molecule has 0 aliphatic carbocycles. The van der Waals surface area contributed by atoms with Crippen LogP contribution in [0.25, 0.3) is 0 Å². The van der Waals surface area contributed by atoms with E-state index in [1.165, 1.54) is 0 Å². The minimum atomic E-state index is -1.36. The summed E-state index contributed by atoms with van der Waals surface area (Å²) in [6, 6.07) is 5.20. The third-order valence-electron chi connectivity index (χ3n) is 2.37. The second-order valence-electron chi connectivity index (χ2n) is 4.25. The summed E-state index contributed by atoms with van der Waals surface area (Å²) in [5.74, 6) is -0.833. The van der Waals surface area contributed by atoms with Gasteiger partial charge in [0.2, 0.25) is 0 Å². The van der Waals surface area contributed by atoms with Crippen molar-refractivity contribution in [1.82, 2.24) is 0 Å². The Morgan fingerprint density at radius 1 is 1.30 bits per heavy atom. The Morgan fingerprint density at radius 3 is 2.00 bits per heavy atom. The summed E-state index contributed by atoms with van der Waals surface area (Å²) >= 11 is 29.1. The topological polar surface area (TPSA) is 49.8 Å². The highest BCUT2D eigenvalue weighted by Gasteiger charge is 2.51. The fraction of sp³-hybridized carbons (Fsp3) is 0.417. The van der Waals surface area contributed by atoms with Crippen LogP contribution in [0.15, 0.2) is 18.2 Å². The van der Waals surface area contributed by atoms with Crippen molar-refractivity contribution in [3.63, 3.8) is 0 Å². The lowest BCUT2D eigenvalue weighted by molar-refractivity contribution is -0.134. The van der Waals surface area contributed by atoms with E-state index in [-0.39, 0.29) is 6.42 Å². The van der Waals surface area contributed by atoms with E-state index in [2.05, 4.69) is 0 Å². The number of alkyl halides is 3. The highest BCUT2D eigenvalue weighted by Crippen LogP contribution is 2.50. The van der Waals surface area contributed by atoms with E-state index in [4.69, 9.17) is 72.6 Å². The first-order valence-corrected chi connectivity index (χ1v) is 7.30. The Hall–Kier alpha value is 0.1000. The molecule has 112 valence electrons. The summed E-state index contributed by atoms with van der Waals surface area (Å²) in [6.45, 7) is 1.59. The Morgan fingerprint density at radius 2 is 1.70 bits per heavy atom. The van der Waals surface area contributed by atoms with Crippen molar-refractivity contribution in [3.8, 4) is 0 Å². The molecule has 0 radical (unpaired) electrons. The number of carboxylic acid groups (broad SMARTS) is 1. The Kier molecular flexibility index (Phi) is 6.27. The fourth-order valence-electron chi connectivity index (χ4n) is 1.60. The summed E-state index contributed by atoms with van der Waals surface area (Å²) in [6.07, 6.45) is 0.279. The molecule has 1 heterocycles. The normalized spacial score (nSPS) is 20.9. The molecule has 0 spiro atoms. The van der Waals surface area contributed by atoms with Gasteiger partial charge in [0.1, 0.15) is 5.60 Å². The molecule has 1 saturated heterocycles. The van der Waals surface area contributed by atoms with Gasteiger partial charge in [0.05, 0.1) is 6.61 Å². The largest absolute Gasteiger partial charge is 0.481 e. The van der Waals surface area contributed by atoms with Gasteiger partial charge >= 0.3 is 0 Å². The lowest BCUT2D eigenvalue weighted by atomic mass is 9.97. The van der Waals surface area contributed by atoms with E-state index in [1.807, 2.05) is 0 Å². The number of carboxylic acids is 1. The fourth-order valence-corrected chi connectivity index (χ4v) is 2.77. The molecule has 0 bridgehead atoms. The number of halogens is 5. The summed E-state index contributed by atoms with van der Waals surface area (Å²) < 4.78 is 4.04. The summed E-state index contributed by atoms with van der Waals surface area (Å²) in [5.41, 5.74) is 0.288. The molecule has 1 aromatic carbocycles. The molecule has 1 fully saturated rings. The minimum Gasteiger partial charge on any atom is -0.481 e. The van der Waals surface area contributed by atoms with Crippen LogP contribution in [-0.2, 0) is 15.1 Å². The van der Waals surface area contributed by atoms with Gasteiger partial charge in [0.15, 0.2) is 3.79 Å². The van der Waals surface area contributed by atoms with Crippen LogP contribution in [0.4, 0.5) is 0 Å². The van der Waals surface area contributed by atoms with Gasteiger partial charge in [-0.3, -0.25) is 4.79 Å². The number of rotatable bonds is 2. The second-order valence-corrected chi connectivity index (χ2v) is 7.64. The van der Waals surface area contributed by atoms with Gasteiger partial charge in [-0.15, -0.1) is 0 Å². The molecule has 1 aromatic rings. The van der Waals surface area contributed by atoms with Crippen molar-refractivity contribution < 1.29 is 14.6 Å². The Bertz CT molecular complexity index is 470. The van der Waals surface area contributed by atoms with E-state index in [9.17, 15) is 0 Å². The third kappa shape index (κ3) is 6.25. The molecule has 1 unspecified atom stereocenters. The van der Waals surface area contributed by atoms with Crippen molar-refractivity contribution in [3.05, 3.63) is 33.8 Å². The lowest BCUT2D eigenvalue weighted by Crippen LogP contribution is -2.18. The second kappa shape index (κ2) is 6.91. The number of epoxide rings is 1. The number of aliphatic carboxylic acids is 1. The van der Waals surface area contributed by atoms with E-state index in [0.29, 0.717) is 16.7 Å². The Balaban J connectivity index is 0.000000444. The van der Waals surface area contributed by atoms with Crippen LogP contribution in [0.2, 0.25) is 10.0 Å². The van der Waals surface area contributed by atoms with E-state index in [0.717, 1.165) is 12.5 Å². The molecular formula is C12H11Cl5O3. The van der Waals surface area contributed by atoms with Crippen molar-refractivity contribution >= 4 is 64.0 Å². The van der Waals surface area contributed by atoms with Gasteiger partial charge in [-0.25, -0.2) is 0 Å². The number of hydrogen-bond acceptors (Lipinski definition) is 2. The molecule has 2 rings (SSSR count). The van der Waals surface area contributed by atoms with Crippen molar-refractivity contribution in [2.45, 2.75) is 22.7 Å². The van der Waals surface area contributed by atoms with Crippen LogP contribution >= 0.6 is 58.0 Å². The van der Waals surface area contributed by atoms with E-state index in [1.54, 1.807) is 18.2 Å². The van der Waals surface area contributed by atoms with Gasteiger partial charge in [-0.05, 0) is 23.8 Å². The molecule has 8 heteroatoms. The molecule has 0 amide bonds. The van der Waals surface area contributed by atoms with Crippen LogP contribution in [0.3, 0.4) is 0 Å². The maximum atomic E-state index is 9.00. The summed E-state index contributed by atoms with van der Waals surface area (Å²) in [7, 11) is 0. The van der Waals surface area contributed by atoms with Crippen LogP contribution in [-0.4, -0.2) is 21.5 Å². The lowest BCUT2D eigenvalue weighted by Gasteiger charge is -2.18. The Labute approximate surface area is 141 Å². The minimum absolute atomic E-state index is 0.279. The molecule has 0 aromatic heterocycles. The quantitative estimate of drug-likeness (QED) is 0.576. The predicted octanol–water partition coefficient (Wildman–Crippen LogP) is 5.07. The molecule has 3 nitrogen and oxygen atoms in total. The first kappa shape index (κ1) is 18.1. The zero-order valence-electron chi connectivity index (χ0n) is 10.3. The monoisotopic (exact) mass is 378 g/mol. The number of hydrogen-bond donors (Lipinski definition) is 1. The summed E-state index contributed by atoms with van der Waals surface area (Å²) in [4.78, 5) is 9.00. The van der Waals surface area contributed by atoms with Gasteiger partial charge in [-0.1, -0.05) is 58.0 Å². The first-order valence-electron chi connectivity index (χ1n) is 5.41. The average molecular weight is 380 g/mol. The maximum Gasteiger partial charge on any atom is 0.300 e. The standard InChI is InChI=1S/C10H7Cl5O.C2H4O2/c11-7-1-6(2-8(12)3-7)9(5-16-9)4-10(13,14)15;1-2(3)4/h1-3H,4-5H2;1H3,(H,3,4). The summed E-state index contributed by atoms with van der Waals surface area (Å²) in [5, 5.41) is 8.50. The number of benzene rings is 1. The zero-order chi connectivity index (χ0) is 15.6. The smallest absolute Gasteiger partial charge is 0.300 e. The van der Waals surface area contributed by atoms with E-state index >= 15 is 0 Å². The van der Waals surface area contributed by atoms with Crippen LogP contribution in [0, 0.1) is 0 Å². The predicted molar refractivity (Wildman–Crippen MR) is 82.3 cm³/mol. The number of carbonyl (C=O) groups is 1. The number of ether oxygens (including phenoxy) is 1. The maximum absolute atomic E-state index is 9.00. The average Bonchev–Trinajstić information content (AvgIpc) is 2.93. The van der Waals surface area contributed by atoms with Gasteiger partial charge in [-0.2, -0.15) is 0 Å². The van der Waals surface area contributed by atoms with Gasteiger partial charge in [0, 0.05) is 23.4 Å². The molecule has 1 atom stereocenters. The van der Waals surface area contributed by atoms with Crippen molar-refractivity contribution in [2.75, 3.05) is 6.61 Å². The molecule has 1 N–H and O–H groups in total. The third-order valence-corrected chi connectivity index (χ3v) is 3.20. The molecule has 1 aliphatic rings. The van der Waals surface area contributed by atoms with Crippen LogP contribution < -0.4 is 0 Å². The molecular weight excluding hydrogens is 369 g/mol. The highest BCUT2D eigenvalue weighted by atomic mass is 35.6. The van der Waals surface area contributed by atoms with Gasteiger partial charge < -0.3 is 9.84 Å². The van der Waals surface area contributed by atoms with Crippen LogP contribution in [0.1, 0.15) is 18.9 Å². The first-order chi connectivity index (χ1) is 9.04. The molecule has 20 heavy (non-hydrogen) atoms.